The van der Waals surface area contributed by atoms with Crippen LogP contribution in [0.1, 0.15) is 22.3 Å². The normalized spacial score (nSPS) is 13.1. The summed E-state index contributed by atoms with van der Waals surface area (Å²) in [6, 6.07) is 64.1. The summed E-state index contributed by atoms with van der Waals surface area (Å²) in [6.07, 6.45) is 0. The number of hydrogen-bond donors (Lipinski definition) is 0. The average Bonchev–Trinajstić information content (AvgIpc) is 3.49. The first-order valence-corrected chi connectivity index (χ1v) is 17.0. The molecule has 2 heterocycles. The zero-order valence-electron chi connectivity index (χ0n) is 27.1. The molecule has 10 rings (SSSR count). The minimum atomic E-state index is -0.508. The van der Waals surface area contributed by atoms with Gasteiger partial charge in [-0.1, -0.05) is 158 Å². The predicted molar refractivity (Wildman–Crippen MR) is 201 cm³/mol. The Labute approximate surface area is 291 Å². The third kappa shape index (κ3) is 4.30. The van der Waals surface area contributed by atoms with Crippen LogP contribution in [0.5, 0.6) is 11.5 Å². The molecule has 0 radical (unpaired) electrons. The molecule has 1 aliphatic carbocycles. The fourth-order valence-corrected chi connectivity index (χ4v) is 7.97. The van der Waals surface area contributed by atoms with Crippen molar-refractivity contribution in [2.45, 2.75) is 5.41 Å². The highest BCUT2D eigenvalue weighted by atomic mass is 16.5. The Kier molecular flexibility index (Phi) is 6.40. The average molecular weight is 639 g/mol. The lowest BCUT2D eigenvalue weighted by Gasteiger charge is -2.39. The van der Waals surface area contributed by atoms with E-state index in [0.717, 1.165) is 56.3 Å². The SMILES string of the molecule is c1ccc(-c2cccc(-c3cc(-c4ccccc4)nc(-c4ccc5c(c4)Oc4ccccc4C54c5ccccc5-c5ccccc54)n3)c2)cc1. The van der Waals surface area contributed by atoms with Crippen LogP contribution in [0.4, 0.5) is 0 Å². The first kappa shape index (κ1) is 28.4. The van der Waals surface area contributed by atoms with Crippen molar-refractivity contribution >= 4 is 0 Å². The maximum absolute atomic E-state index is 6.80. The number of fused-ring (bicyclic) bond motifs is 9. The molecule has 3 nitrogen and oxygen atoms in total. The molecule has 0 saturated heterocycles. The molecule has 1 aromatic heterocycles. The summed E-state index contributed by atoms with van der Waals surface area (Å²) in [7, 11) is 0. The fraction of sp³-hybridized carbons (Fsp3) is 0.0213. The molecular weight excluding hydrogens is 609 g/mol. The molecule has 7 aromatic carbocycles. The Bertz CT molecular complexity index is 2530. The van der Waals surface area contributed by atoms with Crippen LogP contribution in [0.25, 0.3) is 56.2 Å². The van der Waals surface area contributed by atoms with Crippen LogP contribution in [-0.4, -0.2) is 9.97 Å². The van der Waals surface area contributed by atoms with Gasteiger partial charge in [0.1, 0.15) is 11.5 Å². The van der Waals surface area contributed by atoms with Gasteiger partial charge in [0, 0.05) is 27.8 Å². The van der Waals surface area contributed by atoms with Gasteiger partial charge in [-0.2, -0.15) is 0 Å². The van der Waals surface area contributed by atoms with Crippen LogP contribution in [0, 0.1) is 0 Å². The number of nitrogens with zero attached hydrogens (tertiary/aromatic N) is 2. The summed E-state index contributed by atoms with van der Waals surface area (Å²) in [6.45, 7) is 0. The monoisotopic (exact) mass is 638 g/mol. The second kappa shape index (κ2) is 11.3. The minimum Gasteiger partial charge on any atom is -0.457 e. The molecule has 0 N–H and O–H groups in total. The molecule has 2 aliphatic rings. The Morgan fingerprint density at radius 2 is 0.880 bits per heavy atom. The Morgan fingerprint density at radius 3 is 1.60 bits per heavy atom. The highest BCUT2D eigenvalue weighted by Crippen LogP contribution is 2.62. The fourth-order valence-electron chi connectivity index (χ4n) is 7.97. The Balaban J connectivity index is 1.17. The van der Waals surface area contributed by atoms with Crippen molar-refractivity contribution in [2.24, 2.45) is 0 Å². The lowest BCUT2D eigenvalue weighted by Crippen LogP contribution is -2.32. The third-order valence-electron chi connectivity index (χ3n) is 10.2. The van der Waals surface area contributed by atoms with Crippen LogP contribution in [0.15, 0.2) is 182 Å². The van der Waals surface area contributed by atoms with E-state index >= 15 is 0 Å². The highest BCUT2D eigenvalue weighted by Gasteiger charge is 2.50. The quantitative estimate of drug-likeness (QED) is 0.192. The van der Waals surface area contributed by atoms with Crippen molar-refractivity contribution in [3.63, 3.8) is 0 Å². The lowest BCUT2D eigenvalue weighted by atomic mass is 9.66. The van der Waals surface area contributed by atoms with Gasteiger partial charge in [-0.15, -0.1) is 0 Å². The molecule has 0 fully saturated rings. The van der Waals surface area contributed by atoms with Gasteiger partial charge in [-0.25, -0.2) is 9.97 Å². The third-order valence-corrected chi connectivity index (χ3v) is 10.2. The first-order valence-electron chi connectivity index (χ1n) is 17.0. The number of ether oxygens (including phenoxy) is 1. The van der Waals surface area contributed by atoms with Crippen molar-refractivity contribution in [3.8, 4) is 67.7 Å². The number of para-hydroxylation sites is 1. The van der Waals surface area contributed by atoms with Crippen molar-refractivity contribution in [2.75, 3.05) is 0 Å². The van der Waals surface area contributed by atoms with Gasteiger partial charge >= 0.3 is 0 Å². The largest absolute Gasteiger partial charge is 0.457 e. The van der Waals surface area contributed by atoms with Gasteiger partial charge in [-0.05, 0) is 57.6 Å². The Morgan fingerprint density at radius 1 is 0.340 bits per heavy atom. The van der Waals surface area contributed by atoms with Gasteiger partial charge < -0.3 is 4.74 Å². The second-order valence-electron chi connectivity index (χ2n) is 12.9. The van der Waals surface area contributed by atoms with E-state index in [1.54, 1.807) is 0 Å². The second-order valence-corrected chi connectivity index (χ2v) is 12.9. The van der Waals surface area contributed by atoms with E-state index in [9.17, 15) is 0 Å². The predicted octanol–water partition coefficient (Wildman–Crippen LogP) is 11.6. The van der Waals surface area contributed by atoms with Crippen LogP contribution in [0.2, 0.25) is 0 Å². The van der Waals surface area contributed by atoms with Crippen LogP contribution in [-0.2, 0) is 5.41 Å². The summed E-state index contributed by atoms with van der Waals surface area (Å²) in [5.41, 5.74) is 13.9. The van der Waals surface area contributed by atoms with E-state index < -0.39 is 5.41 Å². The zero-order valence-corrected chi connectivity index (χ0v) is 27.1. The molecule has 8 aromatic rings. The van der Waals surface area contributed by atoms with Gasteiger partial charge in [0.25, 0.3) is 0 Å². The topological polar surface area (TPSA) is 35.0 Å². The standard InChI is InChI=1S/C47H30N2O/c1-3-14-31(15-4-1)33-18-13-19-34(28-33)43-30-42(32-16-5-2-6-17-32)48-46(49-43)35-26-27-41-45(29-35)50-44-25-12-11-24-40(44)47(41)38-22-9-7-20-36(38)37-21-8-10-23-39(37)47/h1-30H. The van der Waals surface area contributed by atoms with E-state index in [4.69, 9.17) is 14.7 Å². The molecular formula is C47H30N2O. The Hall–Kier alpha value is -6.58. The molecule has 1 spiro atoms. The summed E-state index contributed by atoms with van der Waals surface area (Å²) in [5, 5.41) is 0. The number of rotatable bonds is 4. The van der Waals surface area contributed by atoms with Crippen molar-refractivity contribution in [3.05, 3.63) is 204 Å². The van der Waals surface area contributed by atoms with E-state index in [-0.39, 0.29) is 0 Å². The lowest BCUT2D eigenvalue weighted by molar-refractivity contribution is 0.436. The summed E-state index contributed by atoms with van der Waals surface area (Å²) < 4.78 is 6.80. The molecule has 50 heavy (non-hydrogen) atoms. The molecule has 0 bridgehead atoms. The van der Waals surface area contributed by atoms with Crippen molar-refractivity contribution in [1.29, 1.82) is 0 Å². The molecule has 234 valence electrons. The summed E-state index contributed by atoms with van der Waals surface area (Å²) in [5.74, 6) is 2.33. The first-order chi connectivity index (χ1) is 24.8. The minimum absolute atomic E-state index is 0.508. The van der Waals surface area contributed by atoms with Crippen LogP contribution >= 0.6 is 0 Å². The van der Waals surface area contributed by atoms with E-state index in [1.165, 1.54) is 27.8 Å². The number of aromatic nitrogens is 2. The van der Waals surface area contributed by atoms with Crippen molar-refractivity contribution < 1.29 is 4.74 Å². The molecule has 1 aliphatic heterocycles. The van der Waals surface area contributed by atoms with Gasteiger partial charge in [-0.3, -0.25) is 0 Å². The maximum Gasteiger partial charge on any atom is 0.160 e. The highest BCUT2D eigenvalue weighted by molar-refractivity contribution is 5.89. The molecule has 0 amide bonds. The zero-order chi connectivity index (χ0) is 33.1. The maximum atomic E-state index is 6.80. The van der Waals surface area contributed by atoms with Crippen LogP contribution < -0.4 is 4.74 Å². The van der Waals surface area contributed by atoms with E-state index in [0.29, 0.717) is 5.82 Å². The molecule has 0 saturated carbocycles. The summed E-state index contributed by atoms with van der Waals surface area (Å²) in [4.78, 5) is 10.4. The summed E-state index contributed by atoms with van der Waals surface area (Å²) >= 11 is 0. The number of benzene rings is 7. The van der Waals surface area contributed by atoms with Gasteiger partial charge in [0.2, 0.25) is 0 Å². The van der Waals surface area contributed by atoms with Crippen LogP contribution in [0.3, 0.4) is 0 Å². The smallest absolute Gasteiger partial charge is 0.160 e. The molecule has 0 atom stereocenters. The van der Waals surface area contributed by atoms with Gasteiger partial charge in [0.05, 0.1) is 16.8 Å². The van der Waals surface area contributed by atoms with E-state index in [1.807, 2.05) is 24.3 Å². The number of hydrogen-bond acceptors (Lipinski definition) is 3. The van der Waals surface area contributed by atoms with Crippen molar-refractivity contribution in [1.82, 2.24) is 9.97 Å². The molecule has 3 heteroatoms. The molecule has 0 unspecified atom stereocenters. The van der Waals surface area contributed by atoms with Gasteiger partial charge in [0.15, 0.2) is 5.82 Å². The van der Waals surface area contributed by atoms with E-state index in [2.05, 4.69) is 158 Å².